The van der Waals surface area contributed by atoms with E-state index in [0.29, 0.717) is 24.5 Å². The summed E-state index contributed by atoms with van der Waals surface area (Å²) in [5.74, 6) is -0.520. The Bertz CT molecular complexity index is 1130. The summed E-state index contributed by atoms with van der Waals surface area (Å²) in [6.07, 6.45) is 0.700. The summed E-state index contributed by atoms with van der Waals surface area (Å²) < 4.78 is 15.9. The number of aryl methyl sites for hydroxylation is 4. The molecule has 2 aromatic carbocycles. The van der Waals surface area contributed by atoms with Gasteiger partial charge in [-0.15, -0.1) is 0 Å². The van der Waals surface area contributed by atoms with Gasteiger partial charge in [-0.1, -0.05) is 23.8 Å². The predicted octanol–water partition coefficient (Wildman–Crippen LogP) is 4.72. The fourth-order valence-electron chi connectivity index (χ4n) is 3.48. The molecule has 0 fully saturated rings. The number of nitrogens with zero attached hydrogens (tertiary/aromatic N) is 3. The lowest BCUT2D eigenvalue weighted by Crippen LogP contribution is -2.36. The van der Waals surface area contributed by atoms with Gasteiger partial charge < -0.3 is 5.32 Å². The van der Waals surface area contributed by atoms with Crippen LogP contribution >= 0.6 is 0 Å². The van der Waals surface area contributed by atoms with Crippen molar-refractivity contribution in [3.05, 3.63) is 81.9 Å². The van der Waals surface area contributed by atoms with E-state index in [1.807, 2.05) is 42.8 Å². The average Bonchev–Trinajstić information content (AvgIpc) is 3.04. The van der Waals surface area contributed by atoms with Crippen LogP contribution < -0.4 is 10.6 Å². The number of hydrogen-bond acceptors (Lipinski definition) is 3. The van der Waals surface area contributed by atoms with Gasteiger partial charge in [-0.3, -0.25) is 19.8 Å². The van der Waals surface area contributed by atoms with Gasteiger partial charge in [0.15, 0.2) is 0 Å². The molecule has 3 rings (SSSR count). The normalized spacial score (nSPS) is 11.5. The molecule has 6 nitrogen and oxygen atoms in total. The number of rotatable bonds is 6. The van der Waals surface area contributed by atoms with Crippen molar-refractivity contribution in [2.75, 3.05) is 11.9 Å². The number of aromatic nitrogens is 2. The second-order valence-corrected chi connectivity index (χ2v) is 7.85. The summed E-state index contributed by atoms with van der Waals surface area (Å²) in [5.41, 5.74) is 5.95. The highest BCUT2D eigenvalue weighted by Crippen LogP contribution is 2.14. The number of anilines is 1. The van der Waals surface area contributed by atoms with Gasteiger partial charge in [0.25, 0.3) is 5.91 Å². The monoisotopic (exact) mass is 435 g/mol. The molecule has 3 aromatic rings. The highest BCUT2D eigenvalue weighted by molar-refractivity contribution is 6.10. The van der Waals surface area contributed by atoms with E-state index < -0.39 is 11.7 Å². The van der Waals surface area contributed by atoms with E-state index >= 15 is 0 Å². The summed E-state index contributed by atoms with van der Waals surface area (Å²) in [6.45, 7) is 11.1. The van der Waals surface area contributed by atoms with Crippen molar-refractivity contribution in [2.45, 2.75) is 47.6 Å². The van der Waals surface area contributed by atoms with Crippen LogP contribution in [0.2, 0.25) is 0 Å². The third-order valence-corrected chi connectivity index (χ3v) is 5.44. The van der Waals surface area contributed by atoms with Crippen molar-refractivity contribution in [1.29, 1.82) is 0 Å². The van der Waals surface area contributed by atoms with E-state index in [4.69, 9.17) is 0 Å². The van der Waals surface area contributed by atoms with Gasteiger partial charge in [-0.2, -0.15) is 5.10 Å². The molecule has 0 radical (unpaired) electrons. The topological polar surface area (TPSA) is 71.3 Å². The molecule has 0 aliphatic heterocycles. The Morgan fingerprint density at radius 2 is 1.81 bits per heavy atom. The molecular weight excluding hydrogens is 405 g/mol. The lowest BCUT2D eigenvalue weighted by atomic mass is 10.1. The molecule has 7 heteroatoms. The molecular formula is C25H30FN5O. The first-order valence-electron chi connectivity index (χ1n) is 10.8. The Balaban J connectivity index is 1.79. The molecule has 1 heterocycles. The standard InChI is InChI=1S/C25H30FN5O/c1-6-31-19(5)22(18(4)30-31)13-14-27-25(28-21-11-7-16(2)8-12-21)29-24(32)20-10-9-17(3)23(26)15-20/h7-12,15H,6,13-14H2,1-5H3,(H2,27,28,29,32). The number of carbonyl (C=O) groups is 1. The van der Waals surface area contributed by atoms with Crippen LogP contribution in [0, 0.1) is 33.5 Å². The summed E-state index contributed by atoms with van der Waals surface area (Å²) >= 11 is 0. The van der Waals surface area contributed by atoms with Gasteiger partial charge in [-0.25, -0.2) is 4.39 Å². The van der Waals surface area contributed by atoms with E-state index in [0.717, 1.165) is 34.7 Å². The molecule has 0 atom stereocenters. The Hall–Kier alpha value is -3.48. The molecule has 168 valence electrons. The lowest BCUT2D eigenvalue weighted by Gasteiger charge is -2.13. The Kier molecular flexibility index (Phi) is 7.41. The Morgan fingerprint density at radius 1 is 1.09 bits per heavy atom. The predicted molar refractivity (Wildman–Crippen MR) is 127 cm³/mol. The van der Waals surface area contributed by atoms with Gasteiger partial charge in [-0.05, 0) is 76.4 Å². The molecule has 0 spiro atoms. The number of amides is 1. The summed E-state index contributed by atoms with van der Waals surface area (Å²) in [6, 6.07) is 12.2. The number of halogens is 1. The molecule has 0 bridgehead atoms. The quantitative estimate of drug-likeness (QED) is 0.435. The van der Waals surface area contributed by atoms with Crippen LogP contribution in [0.4, 0.5) is 10.1 Å². The zero-order chi connectivity index (χ0) is 23.3. The number of nitrogens with one attached hydrogen (secondary N) is 2. The fraction of sp³-hybridized carbons (Fsp3) is 0.320. The van der Waals surface area contributed by atoms with Crippen LogP contribution in [-0.4, -0.2) is 28.2 Å². The maximum atomic E-state index is 13.9. The molecule has 0 aliphatic carbocycles. The fourth-order valence-corrected chi connectivity index (χ4v) is 3.48. The van der Waals surface area contributed by atoms with Gasteiger partial charge in [0.2, 0.25) is 5.96 Å². The molecule has 0 saturated carbocycles. The Morgan fingerprint density at radius 3 is 2.44 bits per heavy atom. The van der Waals surface area contributed by atoms with E-state index in [-0.39, 0.29) is 5.56 Å². The second-order valence-electron chi connectivity index (χ2n) is 7.85. The van der Waals surface area contributed by atoms with E-state index in [1.54, 1.807) is 19.1 Å². The number of hydrogen-bond donors (Lipinski definition) is 2. The minimum atomic E-state index is -0.423. The van der Waals surface area contributed by atoms with E-state index in [2.05, 4.69) is 34.6 Å². The number of benzene rings is 2. The number of aliphatic imine (C=N–C) groups is 1. The van der Waals surface area contributed by atoms with Crippen molar-refractivity contribution in [3.63, 3.8) is 0 Å². The minimum Gasteiger partial charge on any atom is -0.326 e. The summed E-state index contributed by atoms with van der Waals surface area (Å²) in [4.78, 5) is 17.3. The smallest absolute Gasteiger partial charge is 0.258 e. The highest BCUT2D eigenvalue weighted by Gasteiger charge is 2.13. The van der Waals surface area contributed by atoms with Crippen LogP contribution in [0.1, 0.15) is 45.4 Å². The first-order valence-corrected chi connectivity index (χ1v) is 10.8. The number of carbonyl (C=O) groups excluding carboxylic acids is 1. The van der Waals surface area contributed by atoms with Crippen molar-refractivity contribution in [1.82, 2.24) is 15.1 Å². The first kappa shape index (κ1) is 23.2. The zero-order valence-electron chi connectivity index (χ0n) is 19.3. The Labute approximate surface area is 188 Å². The number of guanidine groups is 1. The molecule has 1 amide bonds. The van der Waals surface area contributed by atoms with Crippen LogP contribution in [0.3, 0.4) is 0 Å². The third kappa shape index (κ3) is 5.60. The van der Waals surface area contributed by atoms with Crippen LogP contribution in [0.15, 0.2) is 47.5 Å². The lowest BCUT2D eigenvalue weighted by molar-refractivity contribution is 0.0976. The van der Waals surface area contributed by atoms with Crippen LogP contribution in [-0.2, 0) is 13.0 Å². The largest absolute Gasteiger partial charge is 0.326 e. The highest BCUT2D eigenvalue weighted by atomic mass is 19.1. The molecule has 1 aromatic heterocycles. The van der Waals surface area contributed by atoms with Crippen molar-refractivity contribution >= 4 is 17.6 Å². The second kappa shape index (κ2) is 10.2. The van der Waals surface area contributed by atoms with Crippen molar-refractivity contribution < 1.29 is 9.18 Å². The van der Waals surface area contributed by atoms with E-state index in [9.17, 15) is 9.18 Å². The molecule has 0 unspecified atom stereocenters. The summed E-state index contributed by atoms with van der Waals surface area (Å²) in [7, 11) is 0. The maximum absolute atomic E-state index is 13.9. The van der Waals surface area contributed by atoms with Gasteiger partial charge in [0.1, 0.15) is 5.82 Å². The van der Waals surface area contributed by atoms with Crippen LogP contribution in [0.5, 0.6) is 0 Å². The molecule has 2 N–H and O–H groups in total. The zero-order valence-corrected chi connectivity index (χ0v) is 19.3. The minimum absolute atomic E-state index is 0.238. The van der Waals surface area contributed by atoms with Crippen molar-refractivity contribution in [3.8, 4) is 0 Å². The molecule has 32 heavy (non-hydrogen) atoms. The first-order chi connectivity index (χ1) is 15.3. The average molecular weight is 436 g/mol. The van der Waals surface area contributed by atoms with Crippen LogP contribution in [0.25, 0.3) is 0 Å². The molecule has 0 saturated heterocycles. The van der Waals surface area contributed by atoms with Gasteiger partial charge >= 0.3 is 0 Å². The van der Waals surface area contributed by atoms with Gasteiger partial charge in [0.05, 0.1) is 5.69 Å². The van der Waals surface area contributed by atoms with E-state index in [1.165, 1.54) is 6.07 Å². The third-order valence-electron chi connectivity index (χ3n) is 5.44. The van der Waals surface area contributed by atoms with Gasteiger partial charge in [0, 0.05) is 30.0 Å². The maximum Gasteiger partial charge on any atom is 0.258 e. The SMILES string of the molecule is CCn1nc(C)c(CCN=C(NC(=O)c2ccc(C)c(F)c2)Nc2ccc(C)cc2)c1C. The molecule has 0 aliphatic rings. The summed E-state index contributed by atoms with van der Waals surface area (Å²) in [5, 5.41) is 10.5. The van der Waals surface area contributed by atoms with Crippen molar-refractivity contribution in [2.24, 2.45) is 4.99 Å².